The molecule has 0 aromatic carbocycles. The van der Waals surface area contributed by atoms with Gasteiger partial charge in [0.2, 0.25) is 0 Å². The Hall–Kier alpha value is -0.260. The summed E-state index contributed by atoms with van der Waals surface area (Å²) in [5.74, 6) is 0. The van der Waals surface area contributed by atoms with Gasteiger partial charge in [0.25, 0.3) is 0 Å². The van der Waals surface area contributed by atoms with Gasteiger partial charge >= 0.3 is 77.6 Å². The molecule has 0 atom stereocenters. The molecule has 0 saturated carbocycles. The van der Waals surface area contributed by atoms with Gasteiger partial charge in [0.15, 0.2) is 0 Å². The fourth-order valence-electron chi connectivity index (χ4n) is 0.789. The molecule has 1 aromatic heterocycles. The van der Waals surface area contributed by atoms with Crippen LogP contribution in [0.2, 0.25) is 4.97 Å². The van der Waals surface area contributed by atoms with E-state index >= 15 is 0 Å². The molecular weight excluding hydrogens is 252 g/mol. The predicted molar refractivity (Wildman–Crippen MR) is 49.8 cm³/mol. The topological polar surface area (TPSA) is 16.1 Å². The van der Waals surface area contributed by atoms with Crippen LogP contribution in [0.1, 0.15) is 0 Å². The molecule has 0 N–H and O–H groups in total. The first kappa shape index (κ1) is 8.83. The first-order valence-electron chi connectivity index (χ1n) is 3.41. The van der Waals surface area contributed by atoms with Crippen LogP contribution < -0.4 is 8.64 Å². The molecule has 3 heteroatoms. The summed E-state index contributed by atoms with van der Waals surface area (Å²) in [6.45, 7) is 0. The Morgan fingerprint density at radius 1 is 1.45 bits per heavy atom. The molecule has 0 aliphatic heterocycles. The number of hydrogen-bond donors (Lipinski definition) is 0. The Bertz CT molecular complexity index is 235. The summed E-state index contributed by atoms with van der Waals surface area (Å²) in [7, 11) is 4.10. The van der Waals surface area contributed by atoms with Crippen molar-refractivity contribution in [1.29, 1.82) is 0 Å². The van der Waals surface area contributed by atoms with Crippen LogP contribution in [0.4, 0.5) is 5.69 Å². The van der Waals surface area contributed by atoms with E-state index in [-0.39, 0.29) is 20.9 Å². The van der Waals surface area contributed by atoms with E-state index in [2.05, 4.69) is 35.0 Å². The summed E-state index contributed by atoms with van der Waals surface area (Å²) >= 11 is -0.0294. The van der Waals surface area contributed by atoms with Crippen molar-refractivity contribution in [3.05, 3.63) is 18.3 Å². The van der Waals surface area contributed by atoms with Crippen LogP contribution in [0, 0.1) is 0 Å². The van der Waals surface area contributed by atoms with Crippen LogP contribution in [-0.2, 0) is 0 Å². The Morgan fingerprint density at radius 2 is 2.18 bits per heavy atom. The molecule has 0 amide bonds. The number of pyridine rings is 1. The third-order valence-corrected chi connectivity index (χ3v) is 3.27. The molecule has 1 aromatic rings. The Balaban J connectivity index is 2.91. The first-order valence-corrected chi connectivity index (χ1v) is 6.91. The number of hydrogen-bond acceptors (Lipinski definition) is 2. The zero-order valence-electron chi connectivity index (χ0n) is 7.03. The van der Waals surface area contributed by atoms with Crippen molar-refractivity contribution >= 4 is 30.4 Å². The molecule has 0 saturated heterocycles. The summed E-state index contributed by atoms with van der Waals surface area (Å²) in [4.78, 5) is 8.62. The van der Waals surface area contributed by atoms with Crippen LogP contribution in [0.3, 0.4) is 0 Å². The van der Waals surface area contributed by atoms with E-state index < -0.39 is 0 Å². The Kier molecular flexibility index (Phi) is 3.16. The van der Waals surface area contributed by atoms with Crippen molar-refractivity contribution in [1.82, 2.24) is 4.98 Å². The number of nitrogens with zero attached hydrogens (tertiary/aromatic N) is 2. The Labute approximate surface area is 77.7 Å². The van der Waals surface area contributed by atoms with Crippen molar-refractivity contribution < 1.29 is 0 Å². The van der Waals surface area contributed by atoms with Gasteiger partial charge in [-0.1, -0.05) is 0 Å². The zero-order chi connectivity index (χ0) is 8.27. The molecule has 11 heavy (non-hydrogen) atoms. The fraction of sp³-hybridized carbons (Fsp3) is 0.375. The molecule has 0 bridgehead atoms. The van der Waals surface area contributed by atoms with E-state index in [9.17, 15) is 0 Å². The monoisotopic (exact) mass is 266 g/mol. The quantitative estimate of drug-likeness (QED) is 0.724. The number of rotatable bonds is 2. The fourth-order valence-corrected chi connectivity index (χ4v) is 1.94. The van der Waals surface area contributed by atoms with E-state index in [0.29, 0.717) is 0 Å². The molecule has 1 heterocycles. The van der Waals surface area contributed by atoms with Gasteiger partial charge in [-0.3, -0.25) is 0 Å². The molecule has 0 aliphatic carbocycles. The number of aromatic nitrogens is 1. The van der Waals surface area contributed by atoms with Gasteiger partial charge in [0.1, 0.15) is 0 Å². The molecule has 0 unspecified atom stereocenters. The molecule has 60 valence electrons. The minimum absolute atomic E-state index is 0.0294. The van der Waals surface area contributed by atoms with Crippen molar-refractivity contribution in [2.24, 2.45) is 0 Å². The second-order valence-corrected chi connectivity index (χ2v) is 4.81. The van der Waals surface area contributed by atoms with Crippen LogP contribution in [0.15, 0.2) is 18.3 Å². The predicted octanol–water partition coefficient (Wildman–Crippen LogP) is 0.525. The summed E-state index contributed by atoms with van der Waals surface area (Å²) in [6, 6.07) is 4.20. The van der Waals surface area contributed by atoms with Gasteiger partial charge in [-0.25, -0.2) is 0 Å². The first-order chi connectivity index (χ1) is 5.24. The van der Waals surface area contributed by atoms with Crippen LogP contribution in [-0.4, -0.2) is 40.0 Å². The molecule has 1 rings (SSSR count). The molecular formula is C8H12N2Te. The molecule has 0 aliphatic rings. The zero-order valence-corrected chi connectivity index (χ0v) is 9.37. The maximum atomic E-state index is 4.27. The van der Waals surface area contributed by atoms with E-state index in [0.717, 1.165) is 0 Å². The van der Waals surface area contributed by atoms with Crippen molar-refractivity contribution in [2.45, 2.75) is 4.97 Å². The van der Waals surface area contributed by atoms with Gasteiger partial charge in [-0.05, 0) is 0 Å². The van der Waals surface area contributed by atoms with E-state index in [1.165, 1.54) is 9.43 Å². The maximum absolute atomic E-state index is 4.27. The third kappa shape index (κ3) is 2.36. The normalized spacial score (nSPS) is 9.73. The van der Waals surface area contributed by atoms with E-state index in [1.807, 2.05) is 12.3 Å². The summed E-state index contributed by atoms with van der Waals surface area (Å²) in [6.07, 6.45) is 1.89. The van der Waals surface area contributed by atoms with Crippen molar-refractivity contribution in [3.8, 4) is 0 Å². The van der Waals surface area contributed by atoms with Crippen LogP contribution >= 0.6 is 0 Å². The second kappa shape index (κ2) is 3.94. The molecule has 0 fully saturated rings. The standard InChI is InChI=1S/C8H12N2Te/c1-10(2)7-4-5-9-8(6-7)11-3/h4-6H,1-3H3. The van der Waals surface area contributed by atoms with E-state index in [4.69, 9.17) is 0 Å². The number of anilines is 1. The van der Waals surface area contributed by atoms with Gasteiger partial charge < -0.3 is 0 Å². The minimum atomic E-state index is -0.0294. The van der Waals surface area contributed by atoms with Crippen LogP contribution in [0.5, 0.6) is 0 Å². The Morgan fingerprint density at radius 3 is 2.73 bits per heavy atom. The second-order valence-electron chi connectivity index (χ2n) is 2.45. The van der Waals surface area contributed by atoms with Gasteiger partial charge in [-0.2, -0.15) is 0 Å². The SMILES string of the molecule is C[Te]c1cc(N(C)C)ccn1. The van der Waals surface area contributed by atoms with E-state index in [1.54, 1.807) is 0 Å². The average Bonchev–Trinajstić information content (AvgIpc) is 2.05. The summed E-state index contributed by atoms with van der Waals surface area (Å²) in [5.41, 5.74) is 1.25. The molecule has 0 radical (unpaired) electrons. The third-order valence-electron chi connectivity index (χ3n) is 1.44. The van der Waals surface area contributed by atoms with Gasteiger partial charge in [0.05, 0.1) is 0 Å². The summed E-state index contributed by atoms with van der Waals surface area (Å²) in [5, 5.41) is 0. The molecule has 0 spiro atoms. The average molecular weight is 264 g/mol. The van der Waals surface area contributed by atoms with Crippen LogP contribution in [0.25, 0.3) is 0 Å². The van der Waals surface area contributed by atoms with Crippen molar-refractivity contribution in [2.75, 3.05) is 19.0 Å². The van der Waals surface area contributed by atoms with Crippen molar-refractivity contribution in [3.63, 3.8) is 0 Å². The van der Waals surface area contributed by atoms with Gasteiger partial charge in [0, 0.05) is 0 Å². The molecule has 2 nitrogen and oxygen atoms in total. The summed E-state index contributed by atoms with van der Waals surface area (Å²) < 4.78 is 1.28. The van der Waals surface area contributed by atoms with Gasteiger partial charge in [-0.15, -0.1) is 0 Å².